The Kier molecular flexibility index (Phi) is 3.73. The van der Waals surface area contributed by atoms with E-state index >= 15 is 0 Å². The minimum Gasteiger partial charge on any atom is -0.207 e. The molecule has 1 aromatic rings. The molecule has 0 aromatic heterocycles. The first-order chi connectivity index (χ1) is 7.16. The quantitative estimate of drug-likeness (QED) is 0.746. The molecule has 0 spiro atoms. The van der Waals surface area contributed by atoms with Crippen molar-refractivity contribution < 1.29 is 4.39 Å². The zero-order chi connectivity index (χ0) is 10.8. The number of benzene rings is 1. The molecule has 3 heteroatoms. The number of hydrogen-bond donors (Lipinski definition) is 0. The minimum absolute atomic E-state index is 0.132. The molecule has 0 aliphatic carbocycles. The molecular weight excluding hydrogens is 275 g/mol. The van der Waals surface area contributed by atoms with Gasteiger partial charge in [-0.1, -0.05) is 22.0 Å². The minimum atomic E-state index is -0.132. The molecule has 82 valence electrons. The van der Waals surface area contributed by atoms with Crippen LogP contribution in [0.25, 0.3) is 0 Å². The van der Waals surface area contributed by atoms with E-state index in [0.717, 1.165) is 12.0 Å². The fraction of sp³-hybridized carbons (Fsp3) is 0.500. The second-order valence-corrected chi connectivity index (χ2v) is 6.34. The van der Waals surface area contributed by atoms with E-state index < -0.39 is 0 Å². The van der Waals surface area contributed by atoms with Crippen LogP contribution in [-0.4, -0.2) is 16.3 Å². The van der Waals surface area contributed by atoms with Gasteiger partial charge in [-0.15, -0.1) is 0 Å². The highest BCUT2D eigenvalue weighted by Gasteiger charge is 2.25. The molecule has 1 aromatic carbocycles. The lowest BCUT2D eigenvalue weighted by atomic mass is 9.96. The van der Waals surface area contributed by atoms with Crippen LogP contribution in [0.2, 0.25) is 0 Å². The number of rotatable bonds is 2. The summed E-state index contributed by atoms with van der Waals surface area (Å²) in [7, 11) is 0. The summed E-state index contributed by atoms with van der Waals surface area (Å²) < 4.78 is 12.9. The van der Waals surface area contributed by atoms with E-state index in [-0.39, 0.29) is 5.82 Å². The summed E-state index contributed by atoms with van der Waals surface area (Å²) in [5, 5.41) is 0. The Bertz CT molecular complexity index is 353. The van der Waals surface area contributed by atoms with Gasteiger partial charge in [-0.25, -0.2) is 4.39 Å². The lowest BCUT2D eigenvalue weighted by Gasteiger charge is -2.14. The Morgan fingerprint density at radius 3 is 2.87 bits per heavy atom. The van der Waals surface area contributed by atoms with Crippen LogP contribution >= 0.6 is 27.7 Å². The molecule has 1 fully saturated rings. The monoisotopic (exact) mass is 288 g/mol. The van der Waals surface area contributed by atoms with Gasteiger partial charge < -0.3 is 0 Å². The second kappa shape index (κ2) is 4.88. The Labute approximate surface area is 103 Å². The molecule has 0 nitrogen and oxygen atoms in total. The molecule has 15 heavy (non-hydrogen) atoms. The first kappa shape index (κ1) is 11.5. The van der Waals surface area contributed by atoms with Crippen LogP contribution in [0.5, 0.6) is 0 Å². The van der Waals surface area contributed by atoms with Gasteiger partial charge in [-0.2, -0.15) is 11.8 Å². The van der Waals surface area contributed by atoms with E-state index in [4.69, 9.17) is 0 Å². The molecular formula is C12H14BrFS. The predicted molar refractivity (Wildman–Crippen MR) is 68.4 cm³/mol. The van der Waals surface area contributed by atoms with Crippen molar-refractivity contribution in [1.82, 2.24) is 0 Å². The van der Waals surface area contributed by atoms with Gasteiger partial charge in [-0.05, 0) is 48.3 Å². The molecule has 2 atom stereocenters. The maximum atomic E-state index is 12.9. The van der Waals surface area contributed by atoms with Gasteiger partial charge >= 0.3 is 0 Å². The first-order valence-electron chi connectivity index (χ1n) is 5.13. The molecule has 1 aliphatic heterocycles. The predicted octanol–water partition coefficient (Wildman–Crippen LogP) is 3.80. The zero-order valence-electron chi connectivity index (χ0n) is 8.67. The lowest BCUT2D eigenvalue weighted by Crippen LogP contribution is -2.14. The van der Waals surface area contributed by atoms with Crippen molar-refractivity contribution in [2.24, 2.45) is 5.92 Å². The Morgan fingerprint density at radius 2 is 2.27 bits per heavy atom. The highest BCUT2D eigenvalue weighted by molar-refractivity contribution is 9.09. The molecule has 0 saturated carbocycles. The van der Waals surface area contributed by atoms with Crippen LogP contribution in [-0.2, 0) is 6.42 Å². The lowest BCUT2D eigenvalue weighted by molar-refractivity contribution is 0.605. The van der Waals surface area contributed by atoms with Crippen molar-refractivity contribution in [1.29, 1.82) is 0 Å². The van der Waals surface area contributed by atoms with Crippen LogP contribution in [0.1, 0.15) is 11.1 Å². The molecule has 0 radical (unpaired) electrons. The second-order valence-electron chi connectivity index (χ2n) is 4.09. The topological polar surface area (TPSA) is 0 Å². The number of aryl methyl sites for hydroxylation is 1. The van der Waals surface area contributed by atoms with E-state index in [2.05, 4.69) is 15.9 Å². The molecule has 1 saturated heterocycles. The fourth-order valence-electron chi connectivity index (χ4n) is 1.93. The maximum absolute atomic E-state index is 12.9. The third-order valence-corrected chi connectivity index (χ3v) is 5.67. The van der Waals surface area contributed by atoms with Crippen molar-refractivity contribution in [2.75, 3.05) is 11.5 Å². The average Bonchev–Trinajstić information content (AvgIpc) is 2.57. The number of halogens is 2. The molecule has 1 heterocycles. The normalized spacial score (nSPS) is 25.8. The van der Waals surface area contributed by atoms with Crippen molar-refractivity contribution in [3.8, 4) is 0 Å². The van der Waals surface area contributed by atoms with Crippen molar-refractivity contribution in [3.63, 3.8) is 0 Å². The van der Waals surface area contributed by atoms with Gasteiger partial charge in [0.05, 0.1) is 0 Å². The Morgan fingerprint density at radius 1 is 1.47 bits per heavy atom. The van der Waals surface area contributed by atoms with Crippen LogP contribution in [0.4, 0.5) is 4.39 Å². The maximum Gasteiger partial charge on any atom is 0.123 e. The van der Waals surface area contributed by atoms with E-state index in [1.807, 2.05) is 24.8 Å². The third kappa shape index (κ3) is 2.76. The van der Waals surface area contributed by atoms with Crippen molar-refractivity contribution in [2.45, 2.75) is 18.2 Å². The van der Waals surface area contributed by atoms with Gasteiger partial charge in [0.15, 0.2) is 0 Å². The number of alkyl halides is 1. The summed E-state index contributed by atoms with van der Waals surface area (Å²) in [6.45, 7) is 1.99. The summed E-state index contributed by atoms with van der Waals surface area (Å²) in [5.41, 5.74) is 2.36. The highest BCUT2D eigenvalue weighted by Crippen LogP contribution is 2.32. The van der Waals surface area contributed by atoms with E-state index in [1.54, 1.807) is 12.1 Å². The first-order valence-corrected chi connectivity index (χ1v) is 7.20. The summed E-state index contributed by atoms with van der Waals surface area (Å²) in [6.07, 6.45) is 1.06. The molecule has 2 unspecified atom stereocenters. The summed E-state index contributed by atoms with van der Waals surface area (Å²) in [5.74, 6) is 2.98. The third-order valence-electron chi connectivity index (χ3n) is 2.91. The molecule has 0 amide bonds. The van der Waals surface area contributed by atoms with E-state index in [1.165, 1.54) is 17.1 Å². The summed E-state index contributed by atoms with van der Waals surface area (Å²) >= 11 is 5.70. The number of thioether (sulfide) groups is 1. The van der Waals surface area contributed by atoms with Gasteiger partial charge in [-0.3, -0.25) is 0 Å². The smallest absolute Gasteiger partial charge is 0.123 e. The Balaban J connectivity index is 2.10. The summed E-state index contributed by atoms with van der Waals surface area (Å²) in [6, 6.07) is 5.11. The van der Waals surface area contributed by atoms with Crippen LogP contribution in [0, 0.1) is 18.7 Å². The molecule has 0 bridgehead atoms. The SMILES string of the molecule is Cc1cc(F)ccc1CC1CSCC1Br. The van der Waals surface area contributed by atoms with Crippen LogP contribution in [0.3, 0.4) is 0 Å². The molecule has 1 aliphatic rings. The highest BCUT2D eigenvalue weighted by atomic mass is 79.9. The van der Waals surface area contributed by atoms with Crippen molar-refractivity contribution >= 4 is 27.7 Å². The zero-order valence-corrected chi connectivity index (χ0v) is 11.1. The van der Waals surface area contributed by atoms with Gasteiger partial charge in [0.2, 0.25) is 0 Å². The van der Waals surface area contributed by atoms with E-state index in [0.29, 0.717) is 10.7 Å². The Hall–Kier alpha value is -0.0200. The standard InChI is InChI=1S/C12H14BrFS/c1-8-4-11(14)3-2-9(8)5-10-6-15-7-12(10)13/h2-4,10,12H,5-7H2,1H3. The van der Waals surface area contributed by atoms with Gasteiger partial charge in [0.25, 0.3) is 0 Å². The largest absolute Gasteiger partial charge is 0.207 e. The van der Waals surface area contributed by atoms with E-state index in [9.17, 15) is 4.39 Å². The average molecular weight is 289 g/mol. The van der Waals surface area contributed by atoms with Crippen molar-refractivity contribution in [3.05, 3.63) is 35.1 Å². The summed E-state index contributed by atoms with van der Waals surface area (Å²) in [4.78, 5) is 0.618. The number of hydrogen-bond acceptors (Lipinski definition) is 1. The van der Waals surface area contributed by atoms with Gasteiger partial charge in [0, 0.05) is 10.6 Å². The molecule has 2 rings (SSSR count). The molecule has 0 N–H and O–H groups in total. The van der Waals surface area contributed by atoms with Gasteiger partial charge in [0.1, 0.15) is 5.82 Å². The van der Waals surface area contributed by atoms with Crippen LogP contribution < -0.4 is 0 Å². The fourth-order valence-corrected chi connectivity index (χ4v) is 4.40. The van der Waals surface area contributed by atoms with Crippen LogP contribution in [0.15, 0.2) is 18.2 Å².